The number of hydrogen-bond acceptors (Lipinski definition) is 1. The van der Waals surface area contributed by atoms with Crippen LogP contribution in [0.25, 0.3) is 0 Å². The Kier molecular flexibility index (Phi) is 5.28. The van der Waals surface area contributed by atoms with Gasteiger partial charge in [0.25, 0.3) is 0 Å². The van der Waals surface area contributed by atoms with E-state index in [4.69, 9.17) is 0 Å². The van der Waals surface area contributed by atoms with E-state index in [1.165, 1.54) is 12.5 Å². The first kappa shape index (κ1) is 16.3. The third-order valence-electron chi connectivity index (χ3n) is 4.72. The average molecular weight is 300 g/mol. The Morgan fingerprint density at radius 2 is 1.90 bits per heavy atom. The zero-order valence-corrected chi connectivity index (χ0v) is 12.5. The molecule has 0 aromatic rings. The Morgan fingerprint density at radius 3 is 2.52 bits per heavy atom. The Bertz CT molecular complexity index is 445. The van der Waals surface area contributed by atoms with Gasteiger partial charge in [-0.25, -0.2) is 0 Å². The van der Waals surface area contributed by atoms with Crippen LogP contribution in [-0.2, 0) is 4.79 Å². The lowest BCUT2D eigenvalue weighted by molar-refractivity contribution is -0.117. The molecule has 0 N–H and O–H groups in total. The number of Topliss-reactive ketones (excluding diaryl/α,β-unsaturated/α-hetero) is 1. The van der Waals surface area contributed by atoms with Crippen LogP contribution in [0.15, 0.2) is 23.3 Å². The van der Waals surface area contributed by atoms with Crippen molar-refractivity contribution in [3.63, 3.8) is 0 Å². The predicted molar refractivity (Wildman–Crippen MR) is 76.8 cm³/mol. The van der Waals surface area contributed by atoms with Crippen molar-refractivity contribution in [1.29, 1.82) is 0 Å². The normalized spacial score (nSPS) is 27.6. The van der Waals surface area contributed by atoms with Crippen LogP contribution in [0, 0.1) is 11.8 Å². The lowest BCUT2D eigenvalue weighted by Gasteiger charge is -2.18. The highest BCUT2D eigenvalue weighted by Gasteiger charge is 2.34. The van der Waals surface area contributed by atoms with Crippen molar-refractivity contribution in [2.45, 2.75) is 64.5 Å². The van der Waals surface area contributed by atoms with Gasteiger partial charge in [-0.1, -0.05) is 44.8 Å². The van der Waals surface area contributed by atoms with Crippen LogP contribution in [-0.4, -0.2) is 12.0 Å². The van der Waals surface area contributed by atoms with Crippen molar-refractivity contribution in [3.05, 3.63) is 23.3 Å². The van der Waals surface area contributed by atoms with Gasteiger partial charge in [-0.3, -0.25) is 4.79 Å². The number of ketones is 1. The summed E-state index contributed by atoms with van der Waals surface area (Å²) in [4.78, 5) is 12.2. The largest absolute Gasteiger partial charge is 0.412 e. The summed E-state index contributed by atoms with van der Waals surface area (Å²) in [7, 11) is 0. The molecule has 0 aromatic carbocycles. The fourth-order valence-corrected chi connectivity index (χ4v) is 3.27. The number of hydrogen-bond donors (Lipinski definition) is 0. The maximum absolute atomic E-state index is 12.5. The Balaban J connectivity index is 1.92. The van der Waals surface area contributed by atoms with Crippen molar-refractivity contribution in [2.75, 3.05) is 0 Å². The molecule has 2 unspecified atom stereocenters. The minimum Gasteiger partial charge on any atom is -0.295 e. The molecule has 0 heterocycles. The fraction of sp³-hybridized carbons (Fsp3) is 0.706. The van der Waals surface area contributed by atoms with Gasteiger partial charge in [-0.15, -0.1) is 0 Å². The van der Waals surface area contributed by atoms with Crippen LogP contribution in [0.1, 0.15) is 58.3 Å². The minimum absolute atomic E-state index is 0.0482. The van der Waals surface area contributed by atoms with Gasteiger partial charge in [-0.2, -0.15) is 13.2 Å². The van der Waals surface area contributed by atoms with Crippen LogP contribution < -0.4 is 0 Å². The first-order chi connectivity index (χ1) is 9.86. The van der Waals surface area contributed by atoms with Crippen molar-refractivity contribution in [2.24, 2.45) is 11.8 Å². The lowest BCUT2D eigenvalue weighted by Crippen LogP contribution is -2.17. The first-order valence-corrected chi connectivity index (χ1v) is 7.86. The third kappa shape index (κ3) is 4.72. The second-order valence-corrected chi connectivity index (χ2v) is 6.49. The molecular weight excluding hydrogens is 277 g/mol. The van der Waals surface area contributed by atoms with Crippen LogP contribution in [0.5, 0.6) is 0 Å². The van der Waals surface area contributed by atoms with Crippen LogP contribution >= 0.6 is 0 Å². The molecule has 1 nitrogen and oxygen atoms in total. The van der Waals surface area contributed by atoms with Gasteiger partial charge in [0, 0.05) is 12.0 Å². The maximum atomic E-state index is 12.5. The second kappa shape index (κ2) is 6.80. The fourth-order valence-electron chi connectivity index (χ4n) is 3.27. The molecule has 2 rings (SSSR count). The van der Waals surface area contributed by atoms with Gasteiger partial charge in [0.2, 0.25) is 0 Å². The number of carbonyl (C=O) groups is 1. The average Bonchev–Trinajstić information content (AvgIpc) is 2.63. The molecule has 2 atom stereocenters. The highest BCUT2D eigenvalue weighted by atomic mass is 19.4. The van der Waals surface area contributed by atoms with Crippen LogP contribution in [0.2, 0.25) is 0 Å². The molecular formula is C17H23F3O. The summed E-state index contributed by atoms with van der Waals surface area (Å²) in [5, 5.41) is 0. The molecule has 2 aliphatic carbocycles. The van der Waals surface area contributed by atoms with Crippen molar-refractivity contribution < 1.29 is 18.0 Å². The number of allylic oxidation sites excluding steroid dienone is 4. The van der Waals surface area contributed by atoms with Gasteiger partial charge in [0.05, 0.1) is 0 Å². The number of halogens is 3. The molecule has 0 spiro atoms. The SMILES string of the molecule is CC1CCCC(CC(=O)C2=CC=C(C(F)(F)F)CC2)CC1. The molecule has 0 amide bonds. The molecule has 0 radical (unpaired) electrons. The van der Waals surface area contributed by atoms with E-state index in [0.29, 0.717) is 17.9 Å². The highest BCUT2D eigenvalue weighted by Crippen LogP contribution is 2.34. The Labute approximate surface area is 124 Å². The van der Waals surface area contributed by atoms with Crippen molar-refractivity contribution in [1.82, 2.24) is 0 Å². The summed E-state index contributed by atoms with van der Waals surface area (Å²) in [6.07, 6.45) is 4.57. The van der Waals surface area contributed by atoms with E-state index in [1.807, 2.05) is 0 Å². The zero-order chi connectivity index (χ0) is 15.5. The molecule has 1 fully saturated rings. The Morgan fingerprint density at radius 1 is 1.14 bits per heavy atom. The van der Waals surface area contributed by atoms with E-state index in [2.05, 4.69) is 6.92 Å². The highest BCUT2D eigenvalue weighted by molar-refractivity contribution is 5.96. The van der Waals surface area contributed by atoms with Crippen LogP contribution in [0.4, 0.5) is 13.2 Å². The van der Waals surface area contributed by atoms with E-state index < -0.39 is 11.7 Å². The quantitative estimate of drug-likeness (QED) is 0.640. The molecule has 0 bridgehead atoms. The smallest absolute Gasteiger partial charge is 0.295 e. The summed E-state index contributed by atoms with van der Waals surface area (Å²) < 4.78 is 37.6. The third-order valence-corrected chi connectivity index (χ3v) is 4.72. The van der Waals surface area contributed by atoms with E-state index >= 15 is 0 Å². The summed E-state index contributed by atoms with van der Waals surface area (Å²) >= 11 is 0. The summed E-state index contributed by atoms with van der Waals surface area (Å²) in [6.45, 7) is 2.25. The molecule has 118 valence electrons. The molecule has 4 heteroatoms. The summed E-state index contributed by atoms with van der Waals surface area (Å²) in [5.41, 5.74) is 0.0441. The van der Waals surface area contributed by atoms with E-state index in [0.717, 1.165) is 37.7 Å². The van der Waals surface area contributed by atoms with Crippen LogP contribution in [0.3, 0.4) is 0 Å². The monoisotopic (exact) mass is 300 g/mol. The lowest BCUT2D eigenvalue weighted by atomic mass is 9.88. The Hall–Kier alpha value is -1.06. The number of alkyl halides is 3. The van der Waals surface area contributed by atoms with E-state index in [-0.39, 0.29) is 18.6 Å². The molecule has 21 heavy (non-hydrogen) atoms. The van der Waals surface area contributed by atoms with Gasteiger partial charge >= 0.3 is 6.18 Å². The standard InChI is InChI=1S/C17H23F3O/c1-12-3-2-4-13(6-5-12)11-16(21)14-7-9-15(10-8-14)17(18,19)20/h7,9,12-13H,2-6,8,10-11H2,1H3. The van der Waals surface area contributed by atoms with Crippen molar-refractivity contribution >= 4 is 5.78 Å². The van der Waals surface area contributed by atoms with Crippen molar-refractivity contribution in [3.8, 4) is 0 Å². The van der Waals surface area contributed by atoms with Gasteiger partial charge in [0.15, 0.2) is 5.78 Å². The van der Waals surface area contributed by atoms with Gasteiger partial charge < -0.3 is 0 Å². The first-order valence-electron chi connectivity index (χ1n) is 7.86. The minimum atomic E-state index is -4.26. The topological polar surface area (TPSA) is 17.1 Å². The zero-order valence-electron chi connectivity index (χ0n) is 12.5. The molecule has 1 saturated carbocycles. The second-order valence-electron chi connectivity index (χ2n) is 6.49. The van der Waals surface area contributed by atoms with Gasteiger partial charge in [-0.05, 0) is 36.7 Å². The summed E-state index contributed by atoms with van der Waals surface area (Å²) in [6, 6.07) is 0. The molecule has 0 aromatic heterocycles. The van der Waals surface area contributed by atoms with Gasteiger partial charge in [0.1, 0.15) is 0 Å². The maximum Gasteiger partial charge on any atom is 0.412 e. The van der Waals surface area contributed by atoms with E-state index in [1.54, 1.807) is 0 Å². The molecule has 0 aliphatic heterocycles. The molecule has 0 saturated heterocycles. The number of carbonyl (C=O) groups excluding carboxylic acids is 1. The van der Waals surface area contributed by atoms with E-state index in [9.17, 15) is 18.0 Å². The molecule has 2 aliphatic rings. The summed E-state index contributed by atoms with van der Waals surface area (Å²) in [5.74, 6) is 1.19. The predicted octanol–water partition coefficient (Wildman–Crippen LogP) is 5.37. The number of rotatable bonds is 3.